The summed E-state index contributed by atoms with van der Waals surface area (Å²) in [6.07, 6.45) is 2.73. The Labute approximate surface area is 107 Å². The highest BCUT2D eigenvalue weighted by Crippen LogP contribution is 2.29. The molecule has 1 saturated heterocycles. The second-order valence-electron chi connectivity index (χ2n) is 5.11. The van der Waals surface area contributed by atoms with Crippen molar-refractivity contribution in [3.05, 3.63) is 0 Å². The zero-order valence-electron chi connectivity index (χ0n) is 10.7. The minimum absolute atomic E-state index is 0.0112. The lowest BCUT2D eigenvalue weighted by atomic mass is 10.2. The number of piperazine rings is 1. The van der Waals surface area contributed by atoms with Gasteiger partial charge in [0.05, 0.1) is 13.1 Å². The van der Waals surface area contributed by atoms with Gasteiger partial charge in [0.15, 0.2) is 0 Å². The van der Waals surface area contributed by atoms with Crippen LogP contribution in [0.25, 0.3) is 0 Å². The maximum absolute atomic E-state index is 11.8. The number of hydrogen-bond acceptors (Lipinski definition) is 4. The molecule has 0 bridgehead atoms. The number of rotatable bonds is 5. The van der Waals surface area contributed by atoms with E-state index in [1.807, 2.05) is 4.90 Å². The van der Waals surface area contributed by atoms with Gasteiger partial charge in [0.25, 0.3) is 0 Å². The SMILES string of the molecule is NCC(=O)NCC(=O)N1CCN(CC2CC2)CC1. The van der Waals surface area contributed by atoms with Gasteiger partial charge in [-0.05, 0) is 18.8 Å². The van der Waals surface area contributed by atoms with Crippen LogP contribution >= 0.6 is 0 Å². The van der Waals surface area contributed by atoms with Gasteiger partial charge in [-0.2, -0.15) is 0 Å². The highest BCUT2D eigenvalue weighted by molar-refractivity contribution is 5.85. The molecule has 0 aromatic carbocycles. The highest BCUT2D eigenvalue weighted by Gasteiger charge is 2.27. The normalized spacial score (nSPS) is 20.8. The van der Waals surface area contributed by atoms with Gasteiger partial charge < -0.3 is 16.0 Å². The van der Waals surface area contributed by atoms with E-state index in [1.54, 1.807) is 0 Å². The Morgan fingerprint density at radius 3 is 2.39 bits per heavy atom. The second kappa shape index (κ2) is 6.15. The topological polar surface area (TPSA) is 78.7 Å². The summed E-state index contributed by atoms with van der Waals surface area (Å²) in [7, 11) is 0. The van der Waals surface area contributed by atoms with Gasteiger partial charge in [0.1, 0.15) is 0 Å². The quantitative estimate of drug-likeness (QED) is 0.633. The van der Waals surface area contributed by atoms with Crippen LogP contribution in [0.15, 0.2) is 0 Å². The number of amides is 2. The van der Waals surface area contributed by atoms with Crippen LogP contribution in [0.5, 0.6) is 0 Å². The van der Waals surface area contributed by atoms with Crippen LogP contribution < -0.4 is 11.1 Å². The number of hydrogen-bond donors (Lipinski definition) is 2. The van der Waals surface area contributed by atoms with E-state index in [1.165, 1.54) is 19.4 Å². The molecule has 0 aromatic heterocycles. The van der Waals surface area contributed by atoms with Gasteiger partial charge in [0, 0.05) is 32.7 Å². The van der Waals surface area contributed by atoms with E-state index in [0.717, 1.165) is 32.1 Å². The molecule has 2 amide bonds. The third-order valence-electron chi connectivity index (χ3n) is 3.56. The molecule has 102 valence electrons. The summed E-state index contributed by atoms with van der Waals surface area (Å²) in [4.78, 5) is 27.0. The van der Waals surface area contributed by atoms with Crippen LogP contribution in [0.4, 0.5) is 0 Å². The van der Waals surface area contributed by atoms with Gasteiger partial charge in [0.2, 0.25) is 11.8 Å². The summed E-state index contributed by atoms with van der Waals surface area (Å²) in [5.41, 5.74) is 5.16. The van der Waals surface area contributed by atoms with Gasteiger partial charge in [-0.25, -0.2) is 0 Å². The zero-order valence-corrected chi connectivity index (χ0v) is 10.7. The molecule has 1 aliphatic heterocycles. The first-order valence-corrected chi connectivity index (χ1v) is 6.66. The third kappa shape index (κ3) is 3.96. The average molecular weight is 254 g/mol. The van der Waals surface area contributed by atoms with Crippen molar-refractivity contribution in [1.29, 1.82) is 0 Å². The van der Waals surface area contributed by atoms with Crippen LogP contribution in [0.3, 0.4) is 0 Å². The monoisotopic (exact) mass is 254 g/mol. The summed E-state index contributed by atoms with van der Waals surface area (Å²) in [5.74, 6) is 0.606. The van der Waals surface area contributed by atoms with E-state index in [-0.39, 0.29) is 24.9 Å². The first-order valence-electron chi connectivity index (χ1n) is 6.66. The molecule has 0 unspecified atom stereocenters. The van der Waals surface area contributed by atoms with Gasteiger partial charge in [-0.15, -0.1) is 0 Å². The van der Waals surface area contributed by atoms with Crippen molar-refractivity contribution < 1.29 is 9.59 Å². The van der Waals surface area contributed by atoms with Crippen molar-refractivity contribution in [1.82, 2.24) is 15.1 Å². The average Bonchev–Trinajstić information content (AvgIpc) is 3.20. The first-order chi connectivity index (χ1) is 8.69. The Balaban J connectivity index is 1.64. The van der Waals surface area contributed by atoms with Crippen LogP contribution in [0.2, 0.25) is 0 Å². The molecule has 0 atom stereocenters. The molecule has 6 heteroatoms. The van der Waals surface area contributed by atoms with Crippen molar-refractivity contribution >= 4 is 11.8 Å². The molecule has 6 nitrogen and oxygen atoms in total. The molecule has 18 heavy (non-hydrogen) atoms. The number of nitrogens with zero attached hydrogens (tertiary/aromatic N) is 2. The molecule has 2 fully saturated rings. The fourth-order valence-corrected chi connectivity index (χ4v) is 2.20. The van der Waals surface area contributed by atoms with Crippen molar-refractivity contribution in [3.8, 4) is 0 Å². The summed E-state index contributed by atoms with van der Waals surface area (Å²) >= 11 is 0. The lowest BCUT2D eigenvalue weighted by Gasteiger charge is -2.34. The Bertz CT molecular complexity index is 309. The van der Waals surface area contributed by atoms with E-state index < -0.39 is 0 Å². The molecule has 0 radical (unpaired) electrons. The molecular formula is C12H22N4O2. The van der Waals surface area contributed by atoms with Crippen LogP contribution in [-0.2, 0) is 9.59 Å². The fraction of sp³-hybridized carbons (Fsp3) is 0.833. The molecule has 1 aliphatic carbocycles. The predicted molar refractivity (Wildman–Crippen MR) is 67.8 cm³/mol. The Kier molecular flexibility index (Phi) is 4.54. The number of nitrogens with one attached hydrogen (secondary N) is 1. The summed E-state index contributed by atoms with van der Waals surface area (Å²) in [6, 6.07) is 0. The van der Waals surface area contributed by atoms with Gasteiger partial charge in [-0.3, -0.25) is 14.5 Å². The summed E-state index contributed by atoms with van der Waals surface area (Å²) < 4.78 is 0. The zero-order chi connectivity index (χ0) is 13.0. The predicted octanol–water partition coefficient (Wildman–Crippen LogP) is -1.38. The van der Waals surface area contributed by atoms with Crippen LogP contribution in [-0.4, -0.2) is 67.4 Å². The Morgan fingerprint density at radius 1 is 1.17 bits per heavy atom. The van der Waals surface area contributed by atoms with Crippen LogP contribution in [0.1, 0.15) is 12.8 Å². The van der Waals surface area contributed by atoms with Gasteiger partial charge in [-0.1, -0.05) is 0 Å². The maximum Gasteiger partial charge on any atom is 0.242 e. The van der Waals surface area contributed by atoms with E-state index in [0.29, 0.717) is 0 Å². The lowest BCUT2D eigenvalue weighted by molar-refractivity contribution is -0.134. The highest BCUT2D eigenvalue weighted by atomic mass is 16.2. The first kappa shape index (κ1) is 13.3. The Hall–Kier alpha value is -1.14. The van der Waals surface area contributed by atoms with E-state index in [4.69, 9.17) is 5.73 Å². The summed E-state index contributed by atoms with van der Waals surface area (Å²) in [5, 5.41) is 2.51. The lowest BCUT2D eigenvalue weighted by Crippen LogP contribution is -2.51. The summed E-state index contributed by atoms with van der Waals surface area (Å²) in [6.45, 7) is 4.63. The number of carbonyl (C=O) groups is 2. The van der Waals surface area contributed by atoms with Crippen molar-refractivity contribution in [2.24, 2.45) is 11.7 Å². The van der Waals surface area contributed by atoms with Crippen LogP contribution in [0, 0.1) is 5.92 Å². The molecular weight excluding hydrogens is 232 g/mol. The minimum atomic E-state index is -0.282. The Morgan fingerprint density at radius 2 is 1.83 bits per heavy atom. The molecule has 2 aliphatic rings. The van der Waals surface area contributed by atoms with E-state index in [9.17, 15) is 9.59 Å². The third-order valence-corrected chi connectivity index (χ3v) is 3.56. The van der Waals surface area contributed by atoms with E-state index >= 15 is 0 Å². The maximum atomic E-state index is 11.8. The molecule has 0 aromatic rings. The molecule has 0 spiro atoms. The molecule has 3 N–H and O–H groups in total. The standard InChI is InChI=1S/C12H22N4O2/c13-7-11(17)14-8-12(18)16-5-3-15(4-6-16)9-10-1-2-10/h10H,1-9,13H2,(H,14,17). The number of nitrogens with two attached hydrogens (primary N) is 1. The van der Waals surface area contributed by atoms with Gasteiger partial charge >= 0.3 is 0 Å². The van der Waals surface area contributed by atoms with Crippen molar-refractivity contribution in [2.45, 2.75) is 12.8 Å². The van der Waals surface area contributed by atoms with E-state index in [2.05, 4.69) is 10.2 Å². The smallest absolute Gasteiger partial charge is 0.242 e. The fourth-order valence-electron chi connectivity index (χ4n) is 2.20. The number of carbonyl (C=O) groups excluding carboxylic acids is 2. The molecule has 1 heterocycles. The van der Waals surface area contributed by atoms with Crippen molar-refractivity contribution in [3.63, 3.8) is 0 Å². The minimum Gasteiger partial charge on any atom is -0.346 e. The largest absolute Gasteiger partial charge is 0.346 e. The molecule has 2 rings (SSSR count). The second-order valence-corrected chi connectivity index (χ2v) is 5.11. The molecule has 1 saturated carbocycles. The van der Waals surface area contributed by atoms with Crippen molar-refractivity contribution in [2.75, 3.05) is 45.8 Å².